The molecule has 5 heteroatoms. The third-order valence-corrected chi connectivity index (χ3v) is 3.00. The molecule has 0 aliphatic heterocycles. The van der Waals surface area contributed by atoms with Gasteiger partial charge in [-0.05, 0) is 37.5 Å². The minimum absolute atomic E-state index is 0.0507. The van der Waals surface area contributed by atoms with Crippen LogP contribution in [0.2, 0.25) is 0 Å². The molecule has 0 saturated heterocycles. The molecule has 2 unspecified atom stereocenters. The van der Waals surface area contributed by atoms with E-state index in [9.17, 15) is 9.18 Å². The number of halogens is 1. The van der Waals surface area contributed by atoms with Crippen LogP contribution in [0.4, 0.5) is 4.39 Å². The fraction of sp³-hybridized carbons (Fsp3) is 0.417. The molecular weight excluding hydrogens is 223 g/mol. The van der Waals surface area contributed by atoms with Crippen molar-refractivity contribution in [1.29, 1.82) is 0 Å². The van der Waals surface area contributed by atoms with Gasteiger partial charge in [0.05, 0.1) is 0 Å². The van der Waals surface area contributed by atoms with Crippen LogP contribution in [0.3, 0.4) is 0 Å². The SMILES string of the molecule is NC(=O)c1ccc(OC2CCCC2N)c(F)c1. The van der Waals surface area contributed by atoms with E-state index in [1.807, 2.05) is 0 Å². The summed E-state index contributed by atoms with van der Waals surface area (Å²) in [6.45, 7) is 0. The number of hydrogen-bond acceptors (Lipinski definition) is 3. The van der Waals surface area contributed by atoms with Gasteiger partial charge in [-0.2, -0.15) is 0 Å². The van der Waals surface area contributed by atoms with Gasteiger partial charge in [0.1, 0.15) is 6.10 Å². The third kappa shape index (κ3) is 2.55. The number of amides is 1. The largest absolute Gasteiger partial charge is 0.486 e. The molecule has 1 amide bonds. The smallest absolute Gasteiger partial charge is 0.248 e. The molecule has 17 heavy (non-hydrogen) atoms. The fourth-order valence-corrected chi connectivity index (χ4v) is 2.01. The molecule has 1 saturated carbocycles. The molecule has 1 aliphatic carbocycles. The van der Waals surface area contributed by atoms with E-state index in [-0.39, 0.29) is 23.5 Å². The van der Waals surface area contributed by atoms with E-state index in [0.717, 1.165) is 25.3 Å². The molecule has 92 valence electrons. The van der Waals surface area contributed by atoms with E-state index in [0.29, 0.717) is 0 Å². The lowest BCUT2D eigenvalue weighted by atomic mass is 10.2. The standard InChI is InChI=1S/C12H15FN2O2/c13-8-6-7(12(15)16)4-5-10(8)17-11-3-1-2-9(11)14/h4-6,9,11H,1-3,14H2,(H2,15,16). The molecule has 4 nitrogen and oxygen atoms in total. The summed E-state index contributed by atoms with van der Waals surface area (Å²) in [5.41, 5.74) is 11.0. The first-order chi connectivity index (χ1) is 8.08. The Kier molecular flexibility index (Phi) is 3.28. The van der Waals surface area contributed by atoms with E-state index < -0.39 is 11.7 Å². The van der Waals surface area contributed by atoms with Crippen molar-refractivity contribution in [2.45, 2.75) is 31.4 Å². The van der Waals surface area contributed by atoms with Crippen LogP contribution in [0.5, 0.6) is 5.75 Å². The molecule has 0 aromatic heterocycles. The summed E-state index contributed by atoms with van der Waals surface area (Å²) in [5.74, 6) is -1.12. The van der Waals surface area contributed by atoms with Gasteiger partial charge in [0.25, 0.3) is 0 Å². The zero-order valence-electron chi connectivity index (χ0n) is 9.36. The topological polar surface area (TPSA) is 78.3 Å². The van der Waals surface area contributed by atoms with Gasteiger partial charge in [-0.15, -0.1) is 0 Å². The Morgan fingerprint density at radius 2 is 2.18 bits per heavy atom. The number of nitrogens with two attached hydrogens (primary N) is 2. The zero-order chi connectivity index (χ0) is 12.4. The summed E-state index contributed by atoms with van der Waals surface area (Å²) in [6, 6.07) is 3.89. The molecule has 0 radical (unpaired) electrons. The highest BCUT2D eigenvalue weighted by atomic mass is 19.1. The fourth-order valence-electron chi connectivity index (χ4n) is 2.01. The van der Waals surface area contributed by atoms with E-state index in [4.69, 9.17) is 16.2 Å². The minimum Gasteiger partial charge on any atom is -0.486 e. The highest BCUT2D eigenvalue weighted by molar-refractivity contribution is 5.92. The lowest BCUT2D eigenvalue weighted by molar-refractivity contribution is 0.0999. The summed E-state index contributed by atoms with van der Waals surface area (Å²) in [7, 11) is 0. The summed E-state index contributed by atoms with van der Waals surface area (Å²) in [5, 5.41) is 0. The first-order valence-corrected chi connectivity index (χ1v) is 5.59. The van der Waals surface area contributed by atoms with Crippen molar-refractivity contribution in [3.63, 3.8) is 0 Å². The molecule has 2 rings (SSSR count). The predicted octanol–water partition coefficient (Wildman–Crippen LogP) is 1.18. The van der Waals surface area contributed by atoms with Crippen LogP contribution >= 0.6 is 0 Å². The van der Waals surface area contributed by atoms with Crippen molar-refractivity contribution in [2.75, 3.05) is 0 Å². The first kappa shape index (κ1) is 11.9. The summed E-state index contributed by atoms with van der Waals surface area (Å²) < 4.78 is 19.1. The molecule has 1 aliphatic rings. The summed E-state index contributed by atoms with van der Waals surface area (Å²) in [6.07, 6.45) is 2.57. The zero-order valence-corrected chi connectivity index (χ0v) is 9.36. The van der Waals surface area contributed by atoms with Gasteiger partial charge in [-0.1, -0.05) is 0 Å². The molecule has 1 aromatic rings. The van der Waals surface area contributed by atoms with Crippen molar-refractivity contribution in [3.8, 4) is 5.75 Å². The van der Waals surface area contributed by atoms with Crippen LogP contribution in [0.1, 0.15) is 29.6 Å². The first-order valence-electron chi connectivity index (χ1n) is 5.59. The second-order valence-corrected chi connectivity index (χ2v) is 4.26. The van der Waals surface area contributed by atoms with E-state index in [1.54, 1.807) is 0 Å². The Labute approximate surface area is 98.7 Å². The lowest BCUT2D eigenvalue weighted by Crippen LogP contribution is -2.33. The van der Waals surface area contributed by atoms with Crippen LogP contribution in [0.25, 0.3) is 0 Å². The average Bonchev–Trinajstić information content (AvgIpc) is 2.67. The third-order valence-electron chi connectivity index (χ3n) is 3.00. The minimum atomic E-state index is -0.659. The predicted molar refractivity (Wildman–Crippen MR) is 61.2 cm³/mol. The van der Waals surface area contributed by atoms with E-state index >= 15 is 0 Å². The Balaban J connectivity index is 2.14. The van der Waals surface area contributed by atoms with Crippen molar-refractivity contribution in [3.05, 3.63) is 29.6 Å². The molecular formula is C12H15FN2O2. The van der Waals surface area contributed by atoms with Gasteiger partial charge >= 0.3 is 0 Å². The molecule has 1 aromatic carbocycles. The normalized spacial score (nSPS) is 23.6. The van der Waals surface area contributed by atoms with Crippen molar-refractivity contribution >= 4 is 5.91 Å². The molecule has 2 atom stereocenters. The maximum atomic E-state index is 13.6. The van der Waals surface area contributed by atoms with Crippen LogP contribution in [-0.4, -0.2) is 18.1 Å². The van der Waals surface area contributed by atoms with Crippen LogP contribution in [0.15, 0.2) is 18.2 Å². The van der Waals surface area contributed by atoms with Crippen molar-refractivity contribution in [2.24, 2.45) is 11.5 Å². The second kappa shape index (κ2) is 4.71. The number of carbonyl (C=O) groups excluding carboxylic acids is 1. The maximum Gasteiger partial charge on any atom is 0.248 e. The molecule has 0 heterocycles. The number of carbonyl (C=O) groups is 1. The van der Waals surface area contributed by atoms with Crippen molar-refractivity contribution < 1.29 is 13.9 Å². The number of benzene rings is 1. The van der Waals surface area contributed by atoms with Gasteiger partial charge in [0.2, 0.25) is 5.91 Å². The summed E-state index contributed by atoms with van der Waals surface area (Å²) >= 11 is 0. The van der Waals surface area contributed by atoms with Gasteiger partial charge in [-0.25, -0.2) is 4.39 Å². The molecule has 0 spiro atoms. The number of ether oxygens (including phenoxy) is 1. The van der Waals surface area contributed by atoms with Crippen LogP contribution < -0.4 is 16.2 Å². The summed E-state index contributed by atoms with van der Waals surface area (Å²) in [4.78, 5) is 10.9. The Morgan fingerprint density at radius 3 is 2.71 bits per heavy atom. The Bertz CT molecular complexity index is 437. The van der Waals surface area contributed by atoms with Gasteiger partial charge in [-0.3, -0.25) is 4.79 Å². The highest BCUT2D eigenvalue weighted by Gasteiger charge is 2.26. The van der Waals surface area contributed by atoms with Crippen molar-refractivity contribution in [1.82, 2.24) is 0 Å². The molecule has 4 N–H and O–H groups in total. The Hall–Kier alpha value is -1.62. The van der Waals surface area contributed by atoms with E-state index in [2.05, 4.69) is 0 Å². The number of hydrogen-bond donors (Lipinski definition) is 2. The monoisotopic (exact) mass is 238 g/mol. The molecule has 0 bridgehead atoms. The quantitative estimate of drug-likeness (QED) is 0.830. The second-order valence-electron chi connectivity index (χ2n) is 4.26. The van der Waals surface area contributed by atoms with E-state index in [1.165, 1.54) is 12.1 Å². The van der Waals surface area contributed by atoms with Gasteiger partial charge in [0.15, 0.2) is 11.6 Å². The van der Waals surface area contributed by atoms with Gasteiger partial charge < -0.3 is 16.2 Å². The lowest BCUT2D eigenvalue weighted by Gasteiger charge is -2.18. The van der Waals surface area contributed by atoms with Crippen LogP contribution in [0, 0.1) is 5.82 Å². The maximum absolute atomic E-state index is 13.6. The Morgan fingerprint density at radius 1 is 1.41 bits per heavy atom. The van der Waals surface area contributed by atoms with Gasteiger partial charge in [0, 0.05) is 11.6 Å². The number of primary amides is 1. The van der Waals surface area contributed by atoms with Crippen LogP contribution in [-0.2, 0) is 0 Å². The average molecular weight is 238 g/mol. The molecule has 1 fully saturated rings. The highest BCUT2D eigenvalue weighted by Crippen LogP contribution is 2.26. The number of rotatable bonds is 3.